The number of rotatable bonds is 8. The monoisotopic (exact) mass is 352 g/mol. The van der Waals surface area contributed by atoms with Gasteiger partial charge in [0.2, 0.25) is 0 Å². The van der Waals surface area contributed by atoms with E-state index in [0.717, 1.165) is 0 Å². The lowest BCUT2D eigenvalue weighted by Gasteiger charge is -1.97. The Morgan fingerprint density at radius 3 is 1.23 bits per heavy atom. The Labute approximate surface area is 149 Å². The number of fused-ring (bicyclic) bond motifs is 2. The lowest BCUT2D eigenvalue weighted by Crippen LogP contribution is -2.26. The van der Waals surface area contributed by atoms with Gasteiger partial charge in [0.05, 0.1) is 21.5 Å². The van der Waals surface area contributed by atoms with Crippen LogP contribution in [0, 0.1) is 0 Å². The van der Waals surface area contributed by atoms with E-state index in [1.165, 1.54) is 21.3 Å². The largest absolute Gasteiger partial charge is 0.274 e. The molecule has 0 amide bonds. The van der Waals surface area contributed by atoms with Gasteiger partial charge in [0.15, 0.2) is 0 Å². The second-order valence-corrected chi connectivity index (χ2v) is 6.33. The van der Waals surface area contributed by atoms with Crippen LogP contribution in [-0.4, -0.2) is 9.13 Å². The zero-order chi connectivity index (χ0) is 18.8. The van der Waals surface area contributed by atoms with Crippen molar-refractivity contribution in [1.29, 1.82) is 0 Å². The van der Waals surface area contributed by atoms with Crippen molar-refractivity contribution in [2.24, 2.45) is 0 Å². The van der Waals surface area contributed by atoms with Crippen molar-refractivity contribution in [3.05, 3.63) is 78.9 Å². The summed E-state index contributed by atoms with van der Waals surface area (Å²) < 4.78 is 2.33. The van der Waals surface area contributed by atoms with E-state index >= 15 is 0 Å². The summed E-state index contributed by atoms with van der Waals surface area (Å²) in [4.78, 5) is 50.2. The van der Waals surface area contributed by atoms with Gasteiger partial charge >= 0.3 is 0 Å². The topological polar surface area (TPSA) is 78.1 Å². The van der Waals surface area contributed by atoms with Crippen LogP contribution in [0.4, 0.5) is 0 Å². The number of unbranched alkanes of at least 4 members (excludes halogenated alkanes) is 2. The highest BCUT2D eigenvalue weighted by atomic mass is 16.2. The van der Waals surface area contributed by atoms with Crippen LogP contribution in [0.25, 0.3) is 21.5 Å². The maximum atomic E-state index is 12.5. The first-order valence-corrected chi connectivity index (χ1v) is 8.63. The summed E-state index contributed by atoms with van der Waals surface area (Å²) in [5.74, 6) is 0. The highest BCUT2D eigenvalue weighted by Crippen LogP contribution is 2.15. The Morgan fingerprint density at radius 1 is 0.654 bits per heavy atom. The Bertz CT molecular complexity index is 1030. The first kappa shape index (κ1) is 17.8. The van der Waals surface area contributed by atoms with E-state index in [1.54, 1.807) is 12.2 Å². The van der Waals surface area contributed by atoms with Crippen LogP contribution in [0.2, 0.25) is 0 Å². The van der Waals surface area contributed by atoms with Gasteiger partial charge < -0.3 is 0 Å². The fourth-order valence-corrected chi connectivity index (χ4v) is 3.27. The molecular formula is C20H20N2O4. The molecule has 0 fully saturated rings. The molecule has 0 saturated carbocycles. The number of aromatic nitrogens is 2. The zero-order valence-corrected chi connectivity index (χ0v) is 14.5. The minimum absolute atomic E-state index is 0.196. The molecule has 2 heterocycles. The molecule has 2 aromatic heterocycles. The molecule has 0 aliphatic heterocycles. The van der Waals surface area contributed by atoms with Crippen LogP contribution >= 0.6 is 0 Å². The second kappa shape index (κ2) is 7.07. The maximum absolute atomic E-state index is 12.5. The Hall–Kier alpha value is -3.02. The first-order chi connectivity index (χ1) is 12.5. The van der Waals surface area contributed by atoms with E-state index in [2.05, 4.69) is 13.2 Å². The molecule has 0 unspecified atom stereocenters. The molecule has 3 aromatic rings. The van der Waals surface area contributed by atoms with E-state index < -0.39 is 22.2 Å². The summed E-state index contributed by atoms with van der Waals surface area (Å²) in [6, 6.07) is 2.79. The SMILES string of the molecule is C=CCCCn1c(=O)c2cc3c(=O)n(CCCC=C)c(=O)c3cc2c1=O. The average molecular weight is 352 g/mol. The number of hydrogen-bond acceptors (Lipinski definition) is 4. The summed E-state index contributed by atoms with van der Waals surface area (Å²) >= 11 is 0. The summed E-state index contributed by atoms with van der Waals surface area (Å²) in [5, 5.41) is 0.783. The molecule has 0 bridgehead atoms. The summed E-state index contributed by atoms with van der Waals surface area (Å²) in [6.45, 7) is 7.82. The van der Waals surface area contributed by atoms with Gasteiger partial charge in [0.25, 0.3) is 22.2 Å². The molecule has 0 spiro atoms. The van der Waals surface area contributed by atoms with Crippen LogP contribution in [0.15, 0.2) is 56.6 Å². The molecule has 26 heavy (non-hydrogen) atoms. The number of benzene rings is 1. The normalized spacial score (nSPS) is 11.4. The van der Waals surface area contributed by atoms with Gasteiger partial charge in [-0.05, 0) is 37.8 Å². The molecule has 6 nitrogen and oxygen atoms in total. The van der Waals surface area contributed by atoms with Crippen LogP contribution in [0.1, 0.15) is 25.7 Å². The lowest BCUT2D eigenvalue weighted by molar-refractivity contribution is 0.624. The fraction of sp³-hybridized carbons (Fsp3) is 0.300. The quantitative estimate of drug-likeness (QED) is 0.458. The van der Waals surface area contributed by atoms with Crippen molar-refractivity contribution >= 4 is 21.5 Å². The number of hydrogen-bond donors (Lipinski definition) is 0. The first-order valence-electron chi connectivity index (χ1n) is 8.63. The van der Waals surface area contributed by atoms with Gasteiger partial charge in [-0.1, -0.05) is 12.2 Å². The zero-order valence-electron chi connectivity index (χ0n) is 14.5. The Balaban J connectivity index is 2.18. The third kappa shape index (κ3) is 2.77. The van der Waals surface area contributed by atoms with Crippen molar-refractivity contribution in [2.45, 2.75) is 38.8 Å². The average Bonchev–Trinajstić information content (AvgIpc) is 3.01. The van der Waals surface area contributed by atoms with Crippen molar-refractivity contribution in [3.8, 4) is 0 Å². The van der Waals surface area contributed by atoms with Crippen molar-refractivity contribution in [3.63, 3.8) is 0 Å². The minimum Gasteiger partial charge on any atom is -0.274 e. The molecule has 0 saturated heterocycles. The molecule has 1 aromatic carbocycles. The van der Waals surface area contributed by atoms with E-state index in [0.29, 0.717) is 38.8 Å². The molecule has 0 aliphatic rings. The van der Waals surface area contributed by atoms with Crippen LogP contribution < -0.4 is 22.2 Å². The molecule has 6 heteroatoms. The van der Waals surface area contributed by atoms with Gasteiger partial charge in [-0.15, -0.1) is 13.2 Å². The standard InChI is InChI=1S/C20H20N2O4/c1-3-5-7-9-21-17(23)13-11-15-16(12-14(13)18(21)24)20(26)22(19(15)25)10-8-6-4-2/h3-4,11-12H,1-2,5-10H2. The maximum Gasteiger partial charge on any atom is 0.261 e. The molecule has 134 valence electrons. The van der Waals surface area contributed by atoms with Crippen molar-refractivity contribution < 1.29 is 0 Å². The predicted molar refractivity (Wildman–Crippen MR) is 104 cm³/mol. The van der Waals surface area contributed by atoms with E-state index in [-0.39, 0.29) is 21.5 Å². The molecule has 0 radical (unpaired) electrons. The molecule has 3 rings (SSSR count). The Kier molecular flexibility index (Phi) is 4.84. The van der Waals surface area contributed by atoms with Gasteiger partial charge in [0, 0.05) is 13.1 Å². The minimum atomic E-state index is -0.415. The number of nitrogens with zero attached hydrogens (tertiary/aromatic N) is 2. The van der Waals surface area contributed by atoms with Crippen LogP contribution in [0.3, 0.4) is 0 Å². The molecule has 0 aliphatic carbocycles. The lowest BCUT2D eigenvalue weighted by atomic mass is 10.1. The second-order valence-electron chi connectivity index (χ2n) is 6.33. The van der Waals surface area contributed by atoms with Gasteiger partial charge in [-0.25, -0.2) is 0 Å². The predicted octanol–water partition coefficient (Wildman–Crippen LogP) is 1.84. The van der Waals surface area contributed by atoms with Crippen molar-refractivity contribution in [2.75, 3.05) is 0 Å². The molecular weight excluding hydrogens is 332 g/mol. The van der Waals surface area contributed by atoms with Crippen molar-refractivity contribution in [1.82, 2.24) is 9.13 Å². The van der Waals surface area contributed by atoms with Gasteiger partial charge in [0.1, 0.15) is 0 Å². The number of allylic oxidation sites excluding steroid dienone is 2. The summed E-state index contributed by atoms with van der Waals surface area (Å²) in [7, 11) is 0. The smallest absolute Gasteiger partial charge is 0.261 e. The highest BCUT2D eigenvalue weighted by molar-refractivity contribution is 5.97. The van der Waals surface area contributed by atoms with Gasteiger partial charge in [-0.3, -0.25) is 28.3 Å². The van der Waals surface area contributed by atoms with E-state index in [1.807, 2.05) is 0 Å². The van der Waals surface area contributed by atoms with E-state index in [4.69, 9.17) is 0 Å². The summed E-state index contributed by atoms with van der Waals surface area (Å²) in [5.41, 5.74) is -1.66. The van der Waals surface area contributed by atoms with Gasteiger partial charge in [-0.2, -0.15) is 0 Å². The molecule has 0 N–H and O–H groups in total. The van der Waals surface area contributed by atoms with Crippen LogP contribution in [-0.2, 0) is 13.1 Å². The molecule has 0 atom stereocenters. The van der Waals surface area contributed by atoms with Crippen LogP contribution in [0.5, 0.6) is 0 Å². The Morgan fingerprint density at radius 2 is 0.962 bits per heavy atom. The third-order valence-electron chi connectivity index (χ3n) is 4.64. The third-order valence-corrected chi connectivity index (χ3v) is 4.64. The van der Waals surface area contributed by atoms with E-state index in [9.17, 15) is 19.2 Å². The summed E-state index contributed by atoms with van der Waals surface area (Å²) in [6.07, 6.45) is 6.10. The fourth-order valence-electron chi connectivity index (χ4n) is 3.27. The highest BCUT2D eigenvalue weighted by Gasteiger charge is 2.19.